The smallest absolute Gasteiger partial charge is 0.226 e. The summed E-state index contributed by atoms with van der Waals surface area (Å²) in [6.07, 6.45) is 0. The molecule has 6 nitrogen and oxygen atoms in total. The minimum atomic E-state index is -0.283. The van der Waals surface area contributed by atoms with Crippen LogP contribution in [0.5, 0.6) is 0 Å². The molecule has 2 heterocycles. The predicted molar refractivity (Wildman–Crippen MR) is 99.6 cm³/mol. The highest BCUT2D eigenvalue weighted by molar-refractivity contribution is 7.98. The first-order valence-electron chi connectivity index (χ1n) is 8.34. The molecular formula is C19H16FN5OS. The second kappa shape index (κ2) is 7.71. The minimum Gasteiger partial charge on any atom is -0.425 e. The summed E-state index contributed by atoms with van der Waals surface area (Å²) in [6.45, 7) is 2.36. The lowest BCUT2D eigenvalue weighted by atomic mass is 10.2. The van der Waals surface area contributed by atoms with Gasteiger partial charge in [-0.1, -0.05) is 42.1 Å². The van der Waals surface area contributed by atoms with Crippen molar-refractivity contribution in [2.45, 2.75) is 24.4 Å². The van der Waals surface area contributed by atoms with Crippen molar-refractivity contribution in [2.75, 3.05) is 0 Å². The zero-order valence-corrected chi connectivity index (χ0v) is 15.4. The molecule has 0 aliphatic heterocycles. The summed E-state index contributed by atoms with van der Waals surface area (Å²) in [7, 11) is 0. The summed E-state index contributed by atoms with van der Waals surface area (Å²) in [4.78, 5) is 0. The van der Waals surface area contributed by atoms with Crippen LogP contribution in [0.3, 0.4) is 0 Å². The highest BCUT2D eigenvalue weighted by Crippen LogP contribution is 2.27. The second-order valence-electron chi connectivity index (χ2n) is 5.89. The van der Waals surface area contributed by atoms with E-state index >= 15 is 0 Å². The Morgan fingerprint density at radius 1 is 0.963 bits per heavy atom. The zero-order valence-electron chi connectivity index (χ0n) is 14.5. The summed E-state index contributed by atoms with van der Waals surface area (Å²) in [6, 6.07) is 16.3. The standard InChI is InChI=1S/C19H16FN5OS/c1-13-21-22-17(26-13)12-27-19-24-23-18(15-7-9-16(20)10-8-15)25(19)11-14-5-3-2-4-6-14/h2-10H,11-12H2,1H3. The van der Waals surface area contributed by atoms with E-state index in [1.54, 1.807) is 19.1 Å². The summed E-state index contributed by atoms with van der Waals surface area (Å²) in [5.74, 6) is 1.97. The van der Waals surface area contributed by atoms with Crippen molar-refractivity contribution in [3.05, 3.63) is 77.8 Å². The maximum absolute atomic E-state index is 13.3. The van der Waals surface area contributed by atoms with Gasteiger partial charge in [0.15, 0.2) is 11.0 Å². The van der Waals surface area contributed by atoms with Crippen LogP contribution in [-0.2, 0) is 12.3 Å². The average molecular weight is 381 g/mol. The maximum Gasteiger partial charge on any atom is 0.226 e. The fourth-order valence-corrected chi connectivity index (χ4v) is 3.41. The van der Waals surface area contributed by atoms with Crippen LogP contribution in [0, 0.1) is 12.7 Å². The number of rotatable bonds is 6. The van der Waals surface area contributed by atoms with Crippen LogP contribution in [0.1, 0.15) is 17.3 Å². The molecule has 8 heteroatoms. The molecule has 4 aromatic rings. The average Bonchev–Trinajstić information content (AvgIpc) is 3.28. The molecule has 0 N–H and O–H groups in total. The van der Waals surface area contributed by atoms with Crippen molar-refractivity contribution >= 4 is 11.8 Å². The van der Waals surface area contributed by atoms with Crippen LogP contribution in [0.15, 0.2) is 64.2 Å². The Balaban J connectivity index is 1.66. The van der Waals surface area contributed by atoms with Gasteiger partial charge in [-0.3, -0.25) is 4.57 Å². The van der Waals surface area contributed by atoms with Crippen molar-refractivity contribution in [1.29, 1.82) is 0 Å². The van der Waals surface area contributed by atoms with Gasteiger partial charge in [-0.2, -0.15) is 0 Å². The molecule has 27 heavy (non-hydrogen) atoms. The second-order valence-corrected chi connectivity index (χ2v) is 6.83. The number of hydrogen-bond acceptors (Lipinski definition) is 6. The lowest BCUT2D eigenvalue weighted by Gasteiger charge is -2.10. The maximum atomic E-state index is 13.3. The van der Waals surface area contributed by atoms with Crippen molar-refractivity contribution in [3.8, 4) is 11.4 Å². The third-order valence-corrected chi connectivity index (χ3v) is 4.85. The lowest BCUT2D eigenvalue weighted by molar-refractivity contribution is 0.485. The van der Waals surface area contributed by atoms with Crippen molar-refractivity contribution in [1.82, 2.24) is 25.0 Å². The van der Waals surface area contributed by atoms with Crippen LogP contribution in [0.2, 0.25) is 0 Å². The van der Waals surface area contributed by atoms with Crippen molar-refractivity contribution in [3.63, 3.8) is 0 Å². The Morgan fingerprint density at radius 3 is 2.44 bits per heavy atom. The van der Waals surface area contributed by atoms with E-state index in [1.165, 1.54) is 23.9 Å². The van der Waals surface area contributed by atoms with Crippen LogP contribution < -0.4 is 0 Å². The van der Waals surface area contributed by atoms with E-state index in [9.17, 15) is 4.39 Å². The number of benzene rings is 2. The van der Waals surface area contributed by atoms with Gasteiger partial charge in [0.05, 0.1) is 12.3 Å². The number of aryl methyl sites for hydroxylation is 1. The highest BCUT2D eigenvalue weighted by atomic mass is 32.2. The Kier molecular flexibility index (Phi) is 4.97. The van der Waals surface area contributed by atoms with Gasteiger partial charge in [-0.05, 0) is 29.8 Å². The fourth-order valence-electron chi connectivity index (χ4n) is 2.64. The molecule has 0 spiro atoms. The van der Waals surface area contributed by atoms with Gasteiger partial charge in [0.2, 0.25) is 11.8 Å². The normalized spacial score (nSPS) is 11.0. The number of halogens is 1. The molecule has 0 radical (unpaired) electrons. The van der Waals surface area contributed by atoms with E-state index in [0.29, 0.717) is 29.9 Å². The van der Waals surface area contributed by atoms with Crippen molar-refractivity contribution in [2.24, 2.45) is 0 Å². The van der Waals surface area contributed by atoms with E-state index in [4.69, 9.17) is 4.42 Å². The van der Waals surface area contributed by atoms with Gasteiger partial charge in [0.25, 0.3) is 0 Å². The van der Waals surface area contributed by atoms with Gasteiger partial charge in [-0.25, -0.2) is 4.39 Å². The van der Waals surface area contributed by atoms with E-state index in [1.807, 2.05) is 34.9 Å². The molecule has 0 saturated carbocycles. The van der Waals surface area contributed by atoms with Crippen molar-refractivity contribution < 1.29 is 8.81 Å². The molecule has 0 atom stereocenters. The molecule has 2 aromatic heterocycles. The molecule has 0 aliphatic rings. The quantitative estimate of drug-likeness (QED) is 0.468. The Hall–Kier alpha value is -3.00. The molecule has 2 aromatic carbocycles. The first kappa shape index (κ1) is 17.4. The summed E-state index contributed by atoms with van der Waals surface area (Å²) in [5, 5.41) is 17.2. The first-order chi connectivity index (χ1) is 13.2. The minimum absolute atomic E-state index is 0.283. The van der Waals surface area contributed by atoms with Crippen LogP contribution >= 0.6 is 11.8 Å². The van der Waals surface area contributed by atoms with Crippen LogP contribution in [0.4, 0.5) is 4.39 Å². The largest absolute Gasteiger partial charge is 0.425 e. The number of hydrogen-bond donors (Lipinski definition) is 0. The third-order valence-electron chi connectivity index (χ3n) is 3.90. The van der Waals surface area contributed by atoms with Crippen LogP contribution in [0.25, 0.3) is 11.4 Å². The summed E-state index contributed by atoms with van der Waals surface area (Å²) >= 11 is 1.47. The Bertz CT molecular complexity index is 1030. The van der Waals surface area contributed by atoms with Crippen LogP contribution in [-0.4, -0.2) is 25.0 Å². The van der Waals surface area contributed by atoms with Gasteiger partial charge in [0, 0.05) is 12.5 Å². The van der Waals surface area contributed by atoms with Gasteiger partial charge in [0.1, 0.15) is 5.82 Å². The molecule has 0 saturated heterocycles. The first-order valence-corrected chi connectivity index (χ1v) is 9.32. The number of aromatic nitrogens is 5. The molecule has 0 aliphatic carbocycles. The van der Waals surface area contributed by atoms with E-state index in [2.05, 4.69) is 20.4 Å². The number of nitrogens with zero attached hydrogens (tertiary/aromatic N) is 5. The van der Waals surface area contributed by atoms with Gasteiger partial charge >= 0.3 is 0 Å². The zero-order chi connectivity index (χ0) is 18.6. The van der Waals surface area contributed by atoms with E-state index < -0.39 is 0 Å². The molecule has 0 bridgehead atoms. The molecule has 4 rings (SSSR count). The SMILES string of the molecule is Cc1nnc(CSc2nnc(-c3ccc(F)cc3)n2Cc2ccccc2)o1. The topological polar surface area (TPSA) is 69.6 Å². The molecular weight excluding hydrogens is 365 g/mol. The molecule has 0 amide bonds. The number of thioether (sulfide) groups is 1. The Morgan fingerprint density at radius 2 is 1.74 bits per heavy atom. The van der Waals surface area contributed by atoms with E-state index in [0.717, 1.165) is 16.3 Å². The van der Waals surface area contributed by atoms with Gasteiger partial charge in [-0.15, -0.1) is 20.4 Å². The molecule has 0 fully saturated rings. The predicted octanol–water partition coefficient (Wildman–Crippen LogP) is 4.12. The molecule has 0 unspecified atom stereocenters. The summed E-state index contributed by atoms with van der Waals surface area (Å²) < 4.78 is 20.7. The van der Waals surface area contributed by atoms with E-state index in [-0.39, 0.29) is 5.82 Å². The highest BCUT2D eigenvalue weighted by Gasteiger charge is 2.16. The fraction of sp³-hybridized carbons (Fsp3) is 0.158. The van der Waals surface area contributed by atoms with Gasteiger partial charge < -0.3 is 4.42 Å². The summed E-state index contributed by atoms with van der Waals surface area (Å²) in [5.41, 5.74) is 1.93. The lowest BCUT2D eigenvalue weighted by Crippen LogP contribution is -2.04. The Labute approximate surface area is 159 Å². The molecule has 136 valence electrons. The third kappa shape index (κ3) is 4.06. The monoisotopic (exact) mass is 381 g/mol.